The first-order chi connectivity index (χ1) is 10.2. The van der Waals surface area contributed by atoms with Crippen molar-refractivity contribution in [2.24, 2.45) is 0 Å². The molecule has 1 fully saturated rings. The van der Waals surface area contributed by atoms with Crippen LogP contribution in [-0.2, 0) is 4.74 Å². The van der Waals surface area contributed by atoms with Crippen LogP contribution in [0.25, 0.3) is 0 Å². The Balaban J connectivity index is 1.72. The normalized spacial score (nSPS) is 14.5. The van der Waals surface area contributed by atoms with Gasteiger partial charge in [-0.3, -0.25) is 4.79 Å². The van der Waals surface area contributed by atoms with Gasteiger partial charge in [0.05, 0.1) is 25.0 Å². The molecule has 1 aliphatic rings. The second kappa shape index (κ2) is 5.62. The lowest BCUT2D eigenvalue weighted by Crippen LogP contribution is -2.43. The number of nitrogens with one attached hydrogen (secondary N) is 2. The van der Waals surface area contributed by atoms with Crippen LogP contribution in [0.4, 0.5) is 5.69 Å². The molecule has 0 atom stereocenters. The number of ether oxygens (including phenoxy) is 1. The first-order valence-corrected chi connectivity index (χ1v) is 7.16. The minimum atomic E-state index is -0.482. The van der Waals surface area contributed by atoms with Gasteiger partial charge in [0.25, 0.3) is 5.91 Å². The largest absolute Gasteiger partial charge is 0.465 e. The average Bonchev–Trinajstić information content (AvgIpc) is 3.05. The second-order valence-electron chi connectivity index (χ2n) is 4.50. The second-order valence-corrected chi connectivity index (χ2v) is 5.42. The van der Waals surface area contributed by atoms with E-state index in [9.17, 15) is 9.59 Å². The summed E-state index contributed by atoms with van der Waals surface area (Å²) < 4.78 is 6.33. The van der Waals surface area contributed by atoms with E-state index < -0.39 is 11.9 Å². The van der Waals surface area contributed by atoms with E-state index in [4.69, 9.17) is 0 Å². The van der Waals surface area contributed by atoms with Gasteiger partial charge in [0.1, 0.15) is 4.88 Å². The van der Waals surface area contributed by atoms with Gasteiger partial charge < -0.3 is 15.4 Å². The molecule has 2 aromatic heterocycles. The van der Waals surface area contributed by atoms with Gasteiger partial charge in [0, 0.05) is 13.1 Å². The predicted octanol–water partition coefficient (Wildman–Crippen LogP) is 0.523. The number of nitrogens with zero attached hydrogens (tertiary/aromatic N) is 3. The Labute approximate surface area is 124 Å². The molecule has 3 rings (SSSR count). The van der Waals surface area contributed by atoms with Crippen LogP contribution >= 0.6 is 11.3 Å². The highest BCUT2D eigenvalue weighted by atomic mass is 32.1. The van der Waals surface area contributed by atoms with Gasteiger partial charge in [-0.1, -0.05) is 5.21 Å². The fraction of sp³-hybridized carbons (Fsp3) is 0.333. The number of rotatable bonds is 4. The molecular weight excluding hydrogens is 294 g/mol. The quantitative estimate of drug-likeness (QED) is 0.799. The third kappa shape index (κ3) is 2.65. The Morgan fingerprint density at radius 1 is 1.52 bits per heavy atom. The molecule has 8 nitrogen and oxygen atoms in total. The van der Waals surface area contributed by atoms with Crippen molar-refractivity contribution in [1.29, 1.82) is 0 Å². The van der Waals surface area contributed by atoms with Gasteiger partial charge in [-0.2, -0.15) is 0 Å². The zero-order valence-corrected chi connectivity index (χ0v) is 12.0. The third-order valence-corrected chi connectivity index (χ3v) is 4.06. The lowest BCUT2D eigenvalue weighted by atomic mass is 10.2. The fourth-order valence-corrected chi connectivity index (χ4v) is 2.63. The molecule has 1 aliphatic heterocycles. The van der Waals surface area contributed by atoms with E-state index in [-0.39, 0.29) is 11.7 Å². The van der Waals surface area contributed by atoms with Gasteiger partial charge in [0.15, 0.2) is 5.69 Å². The standard InChI is InChI=1S/C12H13N5O3S/c1-20-12(19)10-8(2-3-21-10)14-11(18)9-6-17(16-15-9)7-4-13-5-7/h2-3,6-7,13H,4-5H2,1H3,(H,14,18). The fourth-order valence-electron chi connectivity index (χ4n) is 1.86. The van der Waals surface area contributed by atoms with Crippen LogP contribution in [0.2, 0.25) is 0 Å². The molecule has 0 spiro atoms. The van der Waals surface area contributed by atoms with Crippen LogP contribution in [0, 0.1) is 0 Å². The van der Waals surface area contributed by atoms with Gasteiger partial charge in [-0.25, -0.2) is 9.48 Å². The number of carbonyl (C=O) groups is 2. The summed E-state index contributed by atoms with van der Waals surface area (Å²) >= 11 is 1.20. The molecule has 110 valence electrons. The molecule has 2 aromatic rings. The van der Waals surface area contributed by atoms with E-state index >= 15 is 0 Å². The lowest BCUT2D eigenvalue weighted by molar-refractivity contribution is 0.0607. The number of amides is 1. The molecule has 2 N–H and O–H groups in total. The molecule has 3 heterocycles. The predicted molar refractivity (Wildman–Crippen MR) is 75.5 cm³/mol. The molecule has 0 saturated carbocycles. The van der Waals surface area contributed by atoms with Crippen molar-refractivity contribution in [2.75, 3.05) is 25.5 Å². The molecule has 1 amide bonds. The molecule has 1 saturated heterocycles. The van der Waals surface area contributed by atoms with E-state index in [1.54, 1.807) is 22.3 Å². The molecule has 0 radical (unpaired) electrons. The van der Waals surface area contributed by atoms with Crippen LogP contribution in [-0.4, -0.2) is 47.1 Å². The van der Waals surface area contributed by atoms with Crippen LogP contribution in [0.1, 0.15) is 26.2 Å². The molecule has 0 aromatic carbocycles. The van der Waals surface area contributed by atoms with Crippen LogP contribution in [0.15, 0.2) is 17.6 Å². The Kier molecular flexibility index (Phi) is 3.67. The number of carbonyl (C=O) groups excluding carboxylic acids is 2. The van der Waals surface area contributed by atoms with Crippen molar-refractivity contribution in [2.45, 2.75) is 6.04 Å². The molecule has 9 heteroatoms. The third-order valence-electron chi connectivity index (χ3n) is 3.16. The number of aromatic nitrogens is 3. The first-order valence-electron chi connectivity index (χ1n) is 6.28. The Morgan fingerprint density at radius 3 is 3.00 bits per heavy atom. The minimum absolute atomic E-state index is 0.212. The highest BCUT2D eigenvalue weighted by Crippen LogP contribution is 2.23. The number of esters is 1. The summed E-state index contributed by atoms with van der Waals surface area (Å²) in [5, 5.41) is 15.3. The number of thiophene rings is 1. The summed E-state index contributed by atoms with van der Waals surface area (Å²) in [6.07, 6.45) is 1.60. The monoisotopic (exact) mass is 307 g/mol. The number of anilines is 1. The topological polar surface area (TPSA) is 98.1 Å². The van der Waals surface area contributed by atoms with Crippen molar-refractivity contribution in [3.8, 4) is 0 Å². The molecule has 21 heavy (non-hydrogen) atoms. The number of hydrogen-bond donors (Lipinski definition) is 2. The highest BCUT2D eigenvalue weighted by Gasteiger charge is 2.22. The maximum atomic E-state index is 12.1. The van der Waals surface area contributed by atoms with Crippen molar-refractivity contribution >= 4 is 28.9 Å². The van der Waals surface area contributed by atoms with Crippen molar-refractivity contribution in [1.82, 2.24) is 20.3 Å². The van der Waals surface area contributed by atoms with E-state index in [0.717, 1.165) is 13.1 Å². The summed E-state index contributed by atoms with van der Waals surface area (Å²) in [5.74, 6) is -0.887. The maximum Gasteiger partial charge on any atom is 0.350 e. The molecule has 0 bridgehead atoms. The maximum absolute atomic E-state index is 12.1. The minimum Gasteiger partial charge on any atom is -0.465 e. The van der Waals surface area contributed by atoms with Crippen LogP contribution in [0.3, 0.4) is 0 Å². The summed E-state index contributed by atoms with van der Waals surface area (Å²) in [4.78, 5) is 24.0. The number of hydrogen-bond acceptors (Lipinski definition) is 7. The molecule has 0 unspecified atom stereocenters. The van der Waals surface area contributed by atoms with E-state index in [0.29, 0.717) is 10.6 Å². The zero-order chi connectivity index (χ0) is 14.8. The van der Waals surface area contributed by atoms with Crippen LogP contribution in [0.5, 0.6) is 0 Å². The lowest BCUT2D eigenvalue weighted by Gasteiger charge is -2.26. The highest BCUT2D eigenvalue weighted by molar-refractivity contribution is 7.12. The number of methoxy groups -OCH3 is 1. The Bertz CT molecular complexity index is 676. The van der Waals surface area contributed by atoms with Crippen molar-refractivity contribution < 1.29 is 14.3 Å². The summed E-state index contributed by atoms with van der Waals surface area (Å²) in [7, 11) is 1.30. The average molecular weight is 307 g/mol. The summed E-state index contributed by atoms with van der Waals surface area (Å²) in [6, 6.07) is 1.89. The first kappa shape index (κ1) is 13.7. The Hall–Kier alpha value is -2.26. The van der Waals surface area contributed by atoms with E-state index in [2.05, 4.69) is 25.7 Å². The van der Waals surface area contributed by atoms with Gasteiger partial charge >= 0.3 is 5.97 Å². The molecular formula is C12H13N5O3S. The SMILES string of the molecule is COC(=O)c1sccc1NC(=O)c1cn(C2CNC2)nn1. The summed E-state index contributed by atoms with van der Waals surface area (Å²) in [6.45, 7) is 1.64. The van der Waals surface area contributed by atoms with E-state index in [1.807, 2.05) is 0 Å². The van der Waals surface area contributed by atoms with Gasteiger partial charge in [-0.05, 0) is 11.4 Å². The smallest absolute Gasteiger partial charge is 0.350 e. The Morgan fingerprint density at radius 2 is 2.33 bits per heavy atom. The molecule has 0 aliphatic carbocycles. The van der Waals surface area contributed by atoms with Crippen molar-refractivity contribution in [3.63, 3.8) is 0 Å². The zero-order valence-electron chi connectivity index (χ0n) is 11.2. The van der Waals surface area contributed by atoms with E-state index in [1.165, 1.54) is 18.4 Å². The summed E-state index contributed by atoms with van der Waals surface area (Å²) in [5.41, 5.74) is 0.626. The van der Waals surface area contributed by atoms with Gasteiger partial charge in [-0.15, -0.1) is 16.4 Å². The van der Waals surface area contributed by atoms with Crippen molar-refractivity contribution in [3.05, 3.63) is 28.2 Å². The van der Waals surface area contributed by atoms with Crippen LogP contribution < -0.4 is 10.6 Å². The van der Waals surface area contributed by atoms with Gasteiger partial charge in [0.2, 0.25) is 0 Å².